The second-order valence-electron chi connectivity index (χ2n) is 9.09. The summed E-state index contributed by atoms with van der Waals surface area (Å²) in [6.45, 7) is 1.35. The van der Waals surface area contributed by atoms with Gasteiger partial charge in [-0.1, -0.05) is 43.2 Å². The number of carbonyl (C=O) groups is 1. The maximum Gasteiger partial charge on any atom is 0.251 e. The molecule has 1 saturated heterocycles. The number of benzene rings is 2. The van der Waals surface area contributed by atoms with Gasteiger partial charge in [-0.05, 0) is 60.8 Å². The molecule has 0 spiro atoms. The predicted octanol–water partition coefficient (Wildman–Crippen LogP) is 3.59. The van der Waals surface area contributed by atoms with Crippen LogP contribution in [0.25, 0.3) is 10.9 Å². The zero-order chi connectivity index (χ0) is 22.6. The fraction of sp³-hybridized carbons (Fsp3) is 0.385. The number of hydrogen-bond acceptors (Lipinski definition) is 3. The van der Waals surface area contributed by atoms with Crippen molar-refractivity contribution in [3.8, 4) is 0 Å². The third-order valence-corrected chi connectivity index (χ3v) is 7.18. The summed E-state index contributed by atoms with van der Waals surface area (Å²) in [5.41, 5.74) is 4.19. The minimum atomic E-state index is -0.0373. The van der Waals surface area contributed by atoms with Crippen LogP contribution in [-0.2, 0) is 13.0 Å². The van der Waals surface area contributed by atoms with Gasteiger partial charge in [-0.2, -0.15) is 0 Å². The van der Waals surface area contributed by atoms with Crippen LogP contribution in [0.1, 0.15) is 47.2 Å². The standard InChI is InChI=1S/C26H31N5OS/c32-25(27-14-13-19-16-28-22-7-3-1-5-20(19)22)18-11-9-17(10-12-18)15-29-24-21-6-2-4-8-23(21)30-26(33)31-24/h1,3,5,7,9-12,16,21,23-24,28-29H,2,4,6,8,13-15H2,(H,27,32)(H2,30,31,33). The van der Waals surface area contributed by atoms with Gasteiger partial charge in [-0.3, -0.25) is 10.1 Å². The fourth-order valence-electron chi connectivity index (χ4n) is 5.15. The summed E-state index contributed by atoms with van der Waals surface area (Å²) < 4.78 is 0. The van der Waals surface area contributed by atoms with E-state index in [1.807, 2.05) is 42.6 Å². The van der Waals surface area contributed by atoms with E-state index in [1.165, 1.54) is 36.6 Å². The summed E-state index contributed by atoms with van der Waals surface area (Å²) in [4.78, 5) is 15.9. The molecule has 5 rings (SSSR count). The summed E-state index contributed by atoms with van der Waals surface area (Å²) in [6, 6.07) is 16.6. The minimum Gasteiger partial charge on any atom is -0.361 e. The maximum atomic E-state index is 12.6. The molecule has 0 radical (unpaired) electrons. The van der Waals surface area contributed by atoms with Gasteiger partial charge >= 0.3 is 0 Å². The topological polar surface area (TPSA) is 81.0 Å². The number of para-hydroxylation sites is 1. The highest BCUT2D eigenvalue weighted by Gasteiger charge is 2.36. The van der Waals surface area contributed by atoms with Crippen LogP contribution >= 0.6 is 12.2 Å². The Hall–Kier alpha value is -2.90. The molecule has 172 valence electrons. The van der Waals surface area contributed by atoms with Crippen molar-refractivity contribution in [3.63, 3.8) is 0 Å². The first-order valence-corrected chi connectivity index (χ1v) is 12.3. The smallest absolute Gasteiger partial charge is 0.251 e. The molecule has 2 aliphatic rings. The summed E-state index contributed by atoms with van der Waals surface area (Å²) in [5.74, 6) is 0.511. The Morgan fingerprint density at radius 2 is 1.85 bits per heavy atom. The molecule has 33 heavy (non-hydrogen) atoms. The molecule has 1 amide bonds. The molecule has 1 aromatic heterocycles. The van der Waals surface area contributed by atoms with Crippen LogP contribution < -0.4 is 21.3 Å². The second kappa shape index (κ2) is 9.93. The van der Waals surface area contributed by atoms with Crippen molar-refractivity contribution < 1.29 is 4.79 Å². The van der Waals surface area contributed by atoms with Crippen molar-refractivity contribution in [2.75, 3.05) is 6.54 Å². The van der Waals surface area contributed by atoms with E-state index in [2.05, 4.69) is 38.4 Å². The number of nitrogens with one attached hydrogen (secondary N) is 5. The Kier molecular flexibility index (Phi) is 6.60. The van der Waals surface area contributed by atoms with Crippen molar-refractivity contribution in [2.24, 2.45) is 5.92 Å². The zero-order valence-corrected chi connectivity index (χ0v) is 19.5. The zero-order valence-electron chi connectivity index (χ0n) is 18.7. The number of H-pyrrole nitrogens is 1. The van der Waals surface area contributed by atoms with E-state index >= 15 is 0 Å². The van der Waals surface area contributed by atoms with Crippen LogP contribution in [0.4, 0.5) is 0 Å². The largest absolute Gasteiger partial charge is 0.361 e. The highest BCUT2D eigenvalue weighted by molar-refractivity contribution is 7.80. The van der Waals surface area contributed by atoms with Crippen molar-refractivity contribution in [3.05, 3.63) is 71.4 Å². The van der Waals surface area contributed by atoms with E-state index in [0.29, 0.717) is 24.1 Å². The molecule has 2 heterocycles. The second-order valence-corrected chi connectivity index (χ2v) is 9.50. The summed E-state index contributed by atoms with van der Waals surface area (Å²) in [5, 5.41) is 15.5. The van der Waals surface area contributed by atoms with Gasteiger partial charge in [0, 0.05) is 47.7 Å². The number of carbonyl (C=O) groups excluding carboxylic acids is 1. The lowest BCUT2D eigenvalue weighted by atomic mass is 9.81. The van der Waals surface area contributed by atoms with E-state index in [4.69, 9.17) is 12.2 Å². The van der Waals surface area contributed by atoms with Crippen molar-refractivity contribution in [1.82, 2.24) is 26.3 Å². The third kappa shape index (κ3) is 5.04. The minimum absolute atomic E-state index is 0.0373. The van der Waals surface area contributed by atoms with E-state index < -0.39 is 0 Å². The van der Waals surface area contributed by atoms with Crippen molar-refractivity contribution in [2.45, 2.75) is 50.9 Å². The van der Waals surface area contributed by atoms with Crippen LogP contribution in [0.5, 0.6) is 0 Å². The number of aromatic nitrogens is 1. The monoisotopic (exact) mass is 461 g/mol. The molecule has 2 fully saturated rings. The summed E-state index contributed by atoms with van der Waals surface area (Å²) in [6.07, 6.45) is 7.96. The number of aromatic amines is 1. The van der Waals surface area contributed by atoms with E-state index in [-0.39, 0.29) is 12.1 Å². The van der Waals surface area contributed by atoms with Gasteiger partial charge in [-0.25, -0.2) is 0 Å². The lowest BCUT2D eigenvalue weighted by Gasteiger charge is -2.43. The molecule has 7 heteroatoms. The van der Waals surface area contributed by atoms with Crippen molar-refractivity contribution in [1.29, 1.82) is 0 Å². The molecular weight excluding hydrogens is 430 g/mol. The highest BCUT2D eigenvalue weighted by Crippen LogP contribution is 2.28. The first-order chi connectivity index (χ1) is 16.2. The molecule has 6 nitrogen and oxygen atoms in total. The van der Waals surface area contributed by atoms with Gasteiger partial charge in [0.1, 0.15) is 0 Å². The van der Waals surface area contributed by atoms with Crippen molar-refractivity contribution >= 4 is 34.1 Å². The molecule has 1 saturated carbocycles. The van der Waals surface area contributed by atoms with Crippen LogP contribution in [0.2, 0.25) is 0 Å². The van der Waals surface area contributed by atoms with Gasteiger partial charge in [0.15, 0.2) is 5.11 Å². The molecule has 3 aromatic rings. The van der Waals surface area contributed by atoms with Gasteiger partial charge in [0.2, 0.25) is 0 Å². The first-order valence-electron chi connectivity index (χ1n) is 11.9. The Balaban J connectivity index is 1.11. The SMILES string of the molecule is O=C(NCCc1c[nH]c2ccccc12)c1ccc(CNC2NC(=S)NC3CCCCC32)cc1. The molecule has 3 unspecified atom stereocenters. The summed E-state index contributed by atoms with van der Waals surface area (Å²) in [7, 11) is 0. The van der Waals surface area contributed by atoms with E-state index in [1.54, 1.807) is 0 Å². The van der Waals surface area contributed by atoms with Gasteiger partial charge in [0.05, 0.1) is 6.17 Å². The van der Waals surface area contributed by atoms with Gasteiger partial charge in [-0.15, -0.1) is 0 Å². The first kappa shape index (κ1) is 21.9. The Bertz CT molecular complexity index is 1130. The quantitative estimate of drug-likeness (QED) is 0.348. The third-order valence-electron chi connectivity index (χ3n) is 6.95. The van der Waals surface area contributed by atoms with Crippen LogP contribution in [-0.4, -0.2) is 34.8 Å². The lowest BCUT2D eigenvalue weighted by Crippen LogP contribution is -2.65. The molecule has 5 N–H and O–H groups in total. The maximum absolute atomic E-state index is 12.6. The summed E-state index contributed by atoms with van der Waals surface area (Å²) >= 11 is 5.40. The predicted molar refractivity (Wildman–Crippen MR) is 136 cm³/mol. The van der Waals surface area contributed by atoms with Gasteiger partial charge < -0.3 is 20.9 Å². The number of fused-ring (bicyclic) bond motifs is 2. The fourth-order valence-corrected chi connectivity index (χ4v) is 5.43. The Morgan fingerprint density at radius 3 is 2.73 bits per heavy atom. The molecule has 1 aliphatic carbocycles. The molecule has 3 atom stereocenters. The van der Waals surface area contributed by atoms with Crippen LogP contribution in [0.3, 0.4) is 0 Å². The molecular formula is C26H31N5OS. The number of thiocarbonyl (C=S) groups is 1. The van der Waals surface area contributed by atoms with Gasteiger partial charge in [0.25, 0.3) is 5.91 Å². The average molecular weight is 462 g/mol. The van der Waals surface area contributed by atoms with Crippen LogP contribution in [0, 0.1) is 5.92 Å². The number of amides is 1. The average Bonchev–Trinajstić information content (AvgIpc) is 3.26. The van der Waals surface area contributed by atoms with E-state index in [0.717, 1.165) is 29.2 Å². The Labute approximate surface area is 199 Å². The molecule has 2 aromatic carbocycles. The lowest BCUT2D eigenvalue weighted by molar-refractivity contribution is 0.0954. The normalized spacial score (nSPS) is 22.3. The van der Waals surface area contributed by atoms with Crippen LogP contribution in [0.15, 0.2) is 54.7 Å². The number of hydrogen-bond donors (Lipinski definition) is 5. The molecule has 0 bridgehead atoms. The Morgan fingerprint density at radius 1 is 1.03 bits per heavy atom. The highest BCUT2D eigenvalue weighted by atomic mass is 32.1. The number of rotatable bonds is 7. The van der Waals surface area contributed by atoms with E-state index in [9.17, 15) is 4.79 Å². The molecule has 1 aliphatic heterocycles.